The normalized spacial score (nSPS) is 10.2. The highest BCUT2D eigenvalue weighted by Gasteiger charge is 2.14. The van der Waals surface area contributed by atoms with Gasteiger partial charge in [0.05, 0.1) is 11.6 Å². The number of ether oxygens (including phenoxy) is 1. The molecule has 0 aliphatic heterocycles. The first kappa shape index (κ1) is 10.1. The molecule has 1 aromatic heterocycles. The van der Waals surface area contributed by atoms with Crippen molar-refractivity contribution in [2.24, 2.45) is 0 Å². The van der Waals surface area contributed by atoms with Crippen molar-refractivity contribution in [2.75, 3.05) is 0 Å². The Balaban J connectivity index is 2.83. The van der Waals surface area contributed by atoms with Gasteiger partial charge in [0.25, 0.3) is 5.75 Å². The van der Waals surface area contributed by atoms with Crippen LogP contribution >= 0.6 is 0 Å². The van der Waals surface area contributed by atoms with Crippen molar-refractivity contribution in [1.29, 1.82) is 0 Å². The van der Waals surface area contributed by atoms with Gasteiger partial charge in [-0.25, -0.2) is 4.79 Å². The first-order chi connectivity index (χ1) is 7.63. The number of aromatic hydroxyl groups is 2. The van der Waals surface area contributed by atoms with Crippen LogP contribution in [-0.2, 0) is 0 Å². The van der Waals surface area contributed by atoms with Gasteiger partial charge in [0, 0.05) is 6.07 Å². The molecule has 0 fully saturated rings. The Morgan fingerprint density at radius 3 is 2.81 bits per heavy atom. The molecule has 0 atom stereocenters. The lowest BCUT2D eigenvalue weighted by molar-refractivity contribution is 0.386. The van der Waals surface area contributed by atoms with Crippen molar-refractivity contribution in [3.05, 3.63) is 41.5 Å². The van der Waals surface area contributed by atoms with Crippen molar-refractivity contribution in [3.8, 4) is 17.2 Å². The average Bonchev–Trinajstić information content (AvgIpc) is 2.23. The maximum absolute atomic E-state index is 11.4. The summed E-state index contributed by atoms with van der Waals surface area (Å²) in [6.07, 6.45) is 1.01. The molecular formula is C11H8O5. The van der Waals surface area contributed by atoms with Crippen molar-refractivity contribution in [3.63, 3.8) is 0 Å². The summed E-state index contributed by atoms with van der Waals surface area (Å²) >= 11 is 0. The summed E-state index contributed by atoms with van der Waals surface area (Å²) in [4.78, 5) is 11.4. The topological polar surface area (TPSA) is 79.9 Å². The lowest BCUT2D eigenvalue weighted by Gasteiger charge is -2.04. The van der Waals surface area contributed by atoms with E-state index >= 15 is 0 Å². The molecular weight excluding hydrogens is 212 g/mol. The van der Waals surface area contributed by atoms with Crippen molar-refractivity contribution in [2.45, 2.75) is 0 Å². The zero-order valence-electron chi connectivity index (χ0n) is 8.14. The molecule has 1 aromatic carbocycles. The number of rotatable bonds is 2. The Bertz CT molecular complexity index is 612. The van der Waals surface area contributed by atoms with E-state index in [1.54, 1.807) is 0 Å². The van der Waals surface area contributed by atoms with Gasteiger partial charge in [-0.05, 0) is 12.1 Å². The number of phenols is 1. The maximum Gasteiger partial charge on any atom is 0.383 e. The summed E-state index contributed by atoms with van der Waals surface area (Å²) in [5.41, 5.74) is -0.755. The second kappa shape index (κ2) is 3.62. The van der Waals surface area contributed by atoms with Gasteiger partial charge in [0.2, 0.25) is 0 Å². The van der Waals surface area contributed by atoms with Gasteiger partial charge >= 0.3 is 5.63 Å². The van der Waals surface area contributed by atoms with Crippen LogP contribution in [0.1, 0.15) is 0 Å². The van der Waals surface area contributed by atoms with Crippen molar-refractivity contribution in [1.82, 2.24) is 0 Å². The molecule has 0 aliphatic rings. The van der Waals surface area contributed by atoms with Crippen LogP contribution in [0, 0.1) is 0 Å². The number of fused-ring (bicyclic) bond motifs is 1. The zero-order chi connectivity index (χ0) is 11.7. The fraction of sp³-hybridized carbons (Fsp3) is 0. The van der Waals surface area contributed by atoms with Gasteiger partial charge in [-0.15, -0.1) is 0 Å². The second-order valence-electron chi connectivity index (χ2n) is 3.03. The molecule has 1 heterocycles. The second-order valence-corrected chi connectivity index (χ2v) is 3.03. The molecule has 2 aromatic rings. The number of hydrogen-bond donors (Lipinski definition) is 2. The van der Waals surface area contributed by atoms with E-state index in [0.717, 1.165) is 6.26 Å². The lowest BCUT2D eigenvalue weighted by Crippen LogP contribution is -2.03. The molecule has 5 nitrogen and oxygen atoms in total. The van der Waals surface area contributed by atoms with E-state index in [0.29, 0.717) is 0 Å². The van der Waals surface area contributed by atoms with Crippen LogP contribution in [0.15, 0.2) is 40.3 Å². The summed E-state index contributed by atoms with van der Waals surface area (Å²) in [5, 5.41) is 19.2. The quantitative estimate of drug-likeness (QED) is 0.595. The van der Waals surface area contributed by atoms with Crippen LogP contribution in [-0.4, -0.2) is 10.2 Å². The molecule has 0 saturated heterocycles. The molecule has 0 saturated carbocycles. The third kappa shape index (κ3) is 1.48. The molecule has 0 radical (unpaired) electrons. The molecule has 0 bridgehead atoms. The highest BCUT2D eigenvalue weighted by Crippen LogP contribution is 2.32. The molecule has 0 spiro atoms. The fourth-order valence-corrected chi connectivity index (χ4v) is 1.34. The number of benzene rings is 1. The first-order valence-corrected chi connectivity index (χ1v) is 4.40. The molecule has 2 N–H and O–H groups in total. The SMILES string of the molecule is C=COc1c(O)c2ccc(O)cc2oc1=O. The Morgan fingerprint density at radius 2 is 2.12 bits per heavy atom. The maximum atomic E-state index is 11.4. The Kier molecular flexibility index (Phi) is 2.28. The molecule has 16 heavy (non-hydrogen) atoms. The van der Waals surface area contributed by atoms with Crippen molar-refractivity contribution >= 4 is 11.0 Å². The third-order valence-corrected chi connectivity index (χ3v) is 2.02. The van der Waals surface area contributed by atoms with Gasteiger partial charge < -0.3 is 19.4 Å². The van der Waals surface area contributed by atoms with Crippen LogP contribution in [0.25, 0.3) is 11.0 Å². The van der Waals surface area contributed by atoms with E-state index < -0.39 is 5.63 Å². The van der Waals surface area contributed by atoms with Gasteiger partial charge in [0.15, 0.2) is 5.75 Å². The van der Waals surface area contributed by atoms with Crippen LogP contribution < -0.4 is 10.4 Å². The van der Waals surface area contributed by atoms with Gasteiger partial charge in [-0.2, -0.15) is 0 Å². The molecule has 5 heteroatoms. The predicted molar refractivity (Wildman–Crippen MR) is 56.6 cm³/mol. The Labute approximate surface area is 89.8 Å². The first-order valence-electron chi connectivity index (χ1n) is 4.40. The van der Waals surface area contributed by atoms with Crippen LogP contribution in [0.3, 0.4) is 0 Å². The fourth-order valence-electron chi connectivity index (χ4n) is 1.34. The number of phenolic OH excluding ortho intramolecular Hbond substituents is 1. The highest BCUT2D eigenvalue weighted by atomic mass is 16.5. The van der Waals surface area contributed by atoms with Crippen LogP contribution in [0.5, 0.6) is 17.2 Å². The van der Waals surface area contributed by atoms with E-state index in [4.69, 9.17) is 9.15 Å². The Hall–Kier alpha value is -2.43. The minimum atomic E-state index is -0.837. The smallest absolute Gasteiger partial charge is 0.383 e. The number of hydrogen-bond acceptors (Lipinski definition) is 5. The van der Waals surface area contributed by atoms with E-state index in [1.165, 1.54) is 18.2 Å². The van der Waals surface area contributed by atoms with Gasteiger partial charge in [0.1, 0.15) is 11.3 Å². The van der Waals surface area contributed by atoms with E-state index in [-0.39, 0.29) is 28.2 Å². The largest absolute Gasteiger partial charge is 0.508 e. The molecule has 2 rings (SSSR count). The zero-order valence-corrected chi connectivity index (χ0v) is 8.14. The molecule has 82 valence electrons. The molecule has 0 unspecified atom stereocenters. The van der Waals surface area contributed by atoms with Crippen molar-refractivity contribution < 1.29 is 19.4 Å². The monoisotopic (exact) mass is 220 g/mol. The standard InChI is InChI=1S/C11H8O5/c1-2-15-10-9(13)7-4-3-6(12)5-8(7)16-11(10)14/h2-5,12-13H,1H2. The van der Waals surface area contributed by atoms with Crippen LogP contribution in [0.4, 0.5) is 0 Å². The lowest BCUT2D eigenvalue weighted by atomic mass is 10.2. The minimum absolute atomic E-state index is 0.0626. The summed E-state index contributed by atoms with van der Waals surface area (Å²) in [5.74, 6) is -0.730. The summed E-state index contributed by atoms with van der Waals surface area (Å²) in [6, 6.07) is 4.01. The van der Waals surface area contributed by atoms with Gasteiger partial charge in [-0.3, -0.25) is 0 Å². The summed E-state index contributed by atoms with van der Waals surface area (Å²) < 4.78 is 9.61. The van der Waals surface area contributed by atoms with E-state index in [2.05, 4.69) is 6.58 Å². The minimum Gasteiger partial charge on any atom is -0.508 e. The van der Waals surface area contributed by atoms with E-state index in [1.807, 2.05) is 0 Å². The van der Waals surface area contributed by atoms with Crippen LogP contribution in [0.2, 0.25) is 0 Å². The Morgan fingerprint density at radius 1 is 1.38 bits per heavy atom. The molecule has 0 aliphatic carbocycles. The highest BCUT2D eigenvalue weighted by molar-refractivity contribution is 5.86. The summed E-state index contributed by atoms with van der Waals surface area (Å²) in [6.45, 7) is 3.28. The van der Waals surface area contributed by atoms with E-state index in [9.17, 15) is 15.0 Å². The van der Waals surface area contributed by atoms with Gasteiger partial charge in [-0.1, -0.05) is 6.58 Å². The molecule has 0 amide bonds. The predicted octanol–water partition coefficient (Wildman–Crippen LogP) is 1.73. The third-order valence-electron chi connectivity index (χ3n) is 2.02. The summed E-state index contributed by atoms with van der Waals surface area (Å²) in [7, 11) is 0. The average molecular weight is 220 g/mol.